The number of rotatable bonds is 3. The van der Waals surface area contributed by atoms with Crippen LogP contribution in [0.3, 0.4) is 0 Å². The molecule has 0 unspecified atom stereocenters. The van der Waals surface area contributed by atoms with Crippen LogP contribution in [-0.4, -0.2) is 22.9 Å². The molecule has 4 nitrogen and oxygen atoms in total. The summed E-state index contributed by atoms with van der Waals surface area (Å²) in [4.78, 5) is 2.42. The van der Waals surface area contributed by atoms with Gasteiger partial charge in [0.15, 0.2) is 0 Å². The van der Waals surface area contributed by atoms with Crippen molar-refractivity contribution >= 4 is 11.4 Å². The van der Waals surface area contributed by atoms with Gasteiger partial charge in [0.05, 0.1) is 29.3 Å². The summed E-state index contributed by atoms with van der Waals surface area (Å²) >= 11 is 0. The predicted molar refractivity (Wildman–Crippen MR) is 78.6 cm³/mol. The summed E-state index contributed by atoms with van der Waals surface area (Å²) in [5.41, 5.74) is 4.95. The SMILES string of the molecule is CCc1cc(CN2CCNc3ccccc32)n(C)n1. The summed E-state index contributed by atoms with van der Waals surface area (Å²) in [6.07, 6.45) is 0.992. The minimum atomic E-state index is 0.919. The fourth-order valence-corrected chi connectivity index (χ4v) is 2.60. The van der Waals surface area contributed by atoms with E-state index in [0.717, 1.165) is 26.1 Å². The second kappa shape index (κ2) is 4.96. The van der Waals surface area contributed by atoms with Crippen LogP contribution in [0.2, 0.25) is 0 Å². The molecule has 0 saturated heterocycles. The van der Waals surface area contributed by atoms with E-state index in [1.54, 1.807) is 0 Å². The van der Waals surface area contributed by atoms with Crippen molar-refractivity contribution in [1.29, 1.82) is 0 Å². The van der Waals surface area contributed by atoms with Gasteiger partial charge in [-0.2, -0.15) is 5.10 Å². The Labute approximate surface area is 114 Å². The Morgan fingerprint density at radius 3 is 2.95 bits per heavy atom. The number of benzene rings is 1. The monoisotopic (exact) mass is 256 g/mol. The number of aromatic nitrogens is 2. The van der Waals surface area contributed by atoms with E-state index in [1.165, 1.54) is 22.8 Å². The van der Waals surface area contributed by atoms with Crippen molar-refractivity contribution in [3.8, 4) is 0 Å². The lowest BCUT2D eigenvalue weighted by Gasteiger charge is -2.31. The molecule has 4 heteroatoms. The van der Waals surface area contributed by atoms with Gasteiger partial charge in [-0.15, -0.1) is 0 Å². The molecule has 19 heavy (non-hydrogen) atoms. The van der Waals surface area contributed by atoms with E-state index in [9.17, 15) is 0 Å². The molecule has 0 aliphatic carbocycles. The van der Waals surface area contributed by atoms with Gasteiger partial charge >= 0.3 is 0 Å². The van der Waals surface area contributed by atoms with Crippen molar-refractivity contribution in [2.24, 2.45) is 7.05 Å². The second-order valence-corrected chi connectivity index (χ2v) is 4.97. The molecule has 1 N–H and O–H groups in total. The summed E-state index contributed by atoms with van der Waals surface area (Å²) in [6, 6.07) is 10.7. The third-order valence-electron chi connectivity index (χ3n) is 3.68. The number of nitrogens with zero attached hydrogens (tertiary/aromatic N) is 3. The molecule has 1 aromatic heterocycles. The van der Waals surface area contributed by atoms with Gasteiger partial charge < -0.3 is 10.2 Å². The van der Waals surface area contributed by atoms with E-state index in [-0.39, 0.29) is 0 Å². The number of hydrogen-bond donors (Lipinski definition) is 1. The highest BCUT2D eigenvalue weighted by atomic mass is 15.3. The molecule has 0 radical (unpaired) electrons. The molecule has 0 atom stereocenters. The number of hydrogen-bond acceptors (Lipinski definition) is 3. The average Bonchev–Trinajstić information content (AvgIpc) is 2.80. The van der Waals surface area contributed by atoms with E-state index in [4.69, 9.17) is 0 Å². The molecule has 0 bridgehead atoms. The van der Waals surface area contributed by atoms with Crippen molar-refractivity contribution in [1.82, 2.24) is 9.78 Å². The Balaban J connectivity index is 1.86. The third-order valence-corrected chi connectivity index (χ3v) is 3.68. The highest BCUT2D eigenvalue weighted by Gasteiger charge is 2.17. The minimum Gasteiger partial charge on any atom is -0.382 e. The number of para-hydroxylation sites is 2. The molecular weight excluding hydrogens is 236 g/mol. The predicted octanol–water partition coefficient (Wildman–Crippen LogP) is 2.41. The molecule has 3 rings (SSSR count). The zero-order valence-corrected chi connectivity index (χ0v) is 11.6. The van der Waals surface area contributed by atoms with Crippen LogP contribution in [0.25, 0.3) is 0 Å². The highest BCUT2D eigenvalue weighted by Crippen LogP contribution is 2.29. The fourth-order valence-electron chi connectivity index (χ4n) is 2.60. The summed E-state index contributed by atoms with van der Waals surface area (Å²) in [5, 5.41) is 7.97. The minimum absolute atomic E-state index is 0.919. The molecule has 0 spiro atoms. The van der Waals surface area contributed by atoms with Crippen LogP contribution in [0.1, 0.15) is 18.3 Å². The number of aryl methyl sites for hydroxylation is 2. The zero-order chi connectivity index (χ0) is 13.2. The first-order valence-corrected chi connectivity index (χ1v) is 6.87. The molecule has 1 aliphatic rings. The van der Waals surface area contributed by atoms with E-state index in [1.807, 2.05) is 11.7 Å². The molecule has 1 aromatic carbocycles. The van der Waals surface area contributed by atoms with Crippen molar-refractivity contribution in [3.63, 3.8) is 0 Å². The Hall–Kier alpha value is -1.97. The molecule has 0 amide bonds. The summed E-state index contributed by atoms with van der Waals surface area (Å²) < 4.78 is 2.00. The van der Waals surface area contributed by atoms with Gasteiger partial charge in [0.1, 0.15) is 0 Å². The van der Waals surface area contributed by atoms with Gasteiger partial charge in [-0.05, 0) is 24.6 Å². The van der Waals surface area contributed by atoms with E-state index >= 15 is 0 Å². The molecule has 2 aromatic rings. The van der Waals surface area contributed by atoms with Crippen molar-refractivity contribution in [2.75, 3.05) is 23.3 Å². The first-order chi connectivity index (χ1) is 9.28. The third kappa shape index (κ3) is 2.30. The van der Waals surface area contributed by atoms with Crippen LogP contribution in [0, 0.1) is 0 Å². The van der Waals surface area contributed by atoms with Crippen molar-refractivity contribution < 1.29 is 0 Å². The molecule has 100 valence electrons. The Kier molecular flexibility index (Phi) is 3.15. The van der Waals surface area contributed by atoms with Gasteiger partial charge in [-0.1, -0.05) is 19.1 Å². The Bertz CT molecular complexity index is 573. The average molecular weight is 256 g/mol. The first kappa shape index (κ1) is 12.1. The molecular formula is C15H20N4. The van der Waals surface area contributed by atoms with Crippen molar-refractivity contribution in [3.05, 3.63) is 41.7 Å². The fraction of sp³-hybridized carbons (Fsp3) is 0.400. The van der Waals surface area contributed by atoms with Gasteiger partial charge in [-0.3, -0.25) is 4.68 Å². The summed E-state index contributed by atoms with van der Waals surface area (Å²) in [7, 11) is 2.03. The number of nitrogens with one attached hydrogen (secondary N) is 1. The quantitative estimate of drug-likeness (QED) is 0.915. The first-order valence-electron chi connectivity index (χ1n) is 6.87. The topological polar surface area (TPSA) is 33.1 Å². The largest absolute Gasteiger partial charge is 0.382 e. The number of fused-ring (bicyclic) bond motifs is 1. The maximum absolute atomic E-state index is 4.52. The van der Waals surface area contributed by atoms with Crippen LogP contribution in [-0.2, 0) is 20.0 Å². The summed E-state index contributed by atoms with van der Waals surface area (Å²) in [6.45, 7) is 5.09. The number of anilines is 2. The summed E-state index contributed by atoms with van der Waals surface area (Å²) in [5.74, 6) is 0. The second-order valence-electron chi connectivity index (χ2n) is 4.97. The van der Waals surface area contributed by atoms with Crippen LogP contribution in [0.4, 0.5) is 11.4 Å². The molecule has 2 heterocycles. The van der Waals surface area contributed by atoms with Gasteiger partial charge in [-0.25, -0.2) is 0 Å². The molecule has 0 fully saturated rings. The van der Waals surface area contributed by atoms with Crippen LogP contribution in [0.15, 0.2) is 30.3 Å². The Morgan fingerprint density at radius 2 is 2.16 bits per heavy atom. The maximum Gasteiger partial charge on any atom is 0.0625 e. The molecule has 0 saturated carbocycles. The molecule has 1 aliphatic heterocycles. The van der Waals surface area contributed by atoms with Crippen LogP contribution >= 0.6 is 0 Å². The van der Waals surface area contributed by atoms with E-state index in [2.05, 4.69) is 52.6 Å². The smallest absolute Gasteiger partial charge is 0.0625 e. The van der Waals surface area contributed by atoms with Crippen molar-refractivity contribution in [2.45, 2.75) is 19.9 Å². The maximum atomic E-state index is 4.52. The Morgan fingerprint density at radius 1 is 1.32 bits per heavy atom. The zero-order valence-electron chi connectivity index (χ0n) is 11.6. The van der Waals surface area contributed by atoms with Gasteiger partial charge in [0.25, 0.3) is 0 Å². The van der Waals surface area contributed by atoms with Gasteiger partial charge in [0.2, 0.25) is 0 Å². The standard InChI is InChI=1S/C15H20N4/c1-3-12-10-13(18(2)17-12)11-19-9-8-16-14-6-4-5-7-15(14)19/h4-7,10,16H,3,8-9,11H2,1-2H3. The van der Waals surface area contributed by atoms with Gasteiger partial charge in [0, 0.05) is 20.1 Å². The lowest BCUT2D eigenvalue weighted by molar-refractivity contribution is 0.671. The lowest BCUT2D eigenvalue weighted by Crippen LogP contribution is -2.33. The van der Waals surface area contributed by atoms with E-state index in [0.29, 0.717) is 0 Å². The lowest BCUT2D eigenvalue weighted by atomic mass is 10.2. The van der Waals surface area contributed by atoms with Crippen LogP contribution < -0.4 is 10.2 Å². The van der Waals surface area contributed by atoms with E-state index < -0.39 is 0 Å². The highest BCUT2D eigenvalue weighted by molar-refractivity contribution is 5.71. The normalized spacial score (nSPS) is 14.1. The van der Waals surface area contributed by atoms with Crippen LogP contribution in [0.5, 0.6) is 0 Å².